The highest BCUT2D eigenvalue weighted by Crippen LogP contribution is 2.44. The minimum atomic E-state index is 0.998. The van der Waals surface area contributed by atoms with Crippen molar-refractivity contribution in [3.63, 3.8) is 0 Å². The summed E-state index contributed by atoms with van der Waals surface area (Å²) in [4.78, 5) is 0. The predicted molar refractivity (Wildman–Crippen MR) is 123 cm³/mol. The van der Waals surface area contributed by atoms with Gasteiger partial charge in [-0.1, -0.05) is 50.2 Å². The maximum absolute atomic E-state index is 2.54. The first-order valence-electron chi connectivity index (χ1n) is 10.7. The summed E-state index contributed by atoms with van der Waals surface area (Å²) in [7, 11) is 0. The van der Waals surface area contributed by atoms with Crippen LogP contribution in [-0.2, 0) is 25.9 Å². The molecule has 0 radical (unpaired) electrons. The van der Waals surface area contributed by atoms with Crippen LogP contribution in [0.25, 0.3) is 43.6 Å². The summed E-state index contributed by atoms with van der Waals surface area (Å²) in [6.45, 7) is 11.2. The van der Waals surface area contributed by atoms with Gasteiger partial charge >= 0.3 is 0 Å². The van der Waals surface area contributed by atoms with E-state index in [1.165, 1.54) is 54.7 Å². The summed E-state index contributed by atoms with van der Waals surface area (Å²) in [5.41, 5.74) is 8.68. The van der Waals surface area contributed by atoms with Gasteiger partial charge in [0.2, 0.25) is 0 Å². The third-order valence-electron chi connectivity index (χ3n) is 6.47. The van der Waals surface area contributed by atoms with Gasteiger partial charge in [-0.05, 0) is 49.9 Å². The van der Waals surface area contributed by atoms with Crippen LogP contribution < -0.4 is 0 Å². The normalized spacial score (nSPS) is 12.1. The molecule has 0 saturated heterocycles. The van der Waals surface area contributed by atoms with E-state index in [0.717, 1.165) is 25.9 Å². The second-order valence-corrected chi connectivity index (χ2v) is 7.63. The summed E-state index contributed by atoms with van der Waals surface area (Å²) in [5, 5.41) is 5.68. The third-order valence-corrected chi connectivity index (χ3v) is 6.47. The number of para-hydroxylation sites is 2. The topological polar surface area (TPSA) is 9.86 Å². The molecule has 2 heteroatoms. The van der Waals surface area contributed by atoms with E-state index < -0.39 is 0 Å². The van der Waals surface area contributed by atoms with E-state index in [1.807, 2.05) is 0 Å². The predicted octanol–water partition coefficient (Wildman–Crippen LogP) is 7.07. The van der Waals surface area contributed by atoms with Crippen molar-refractivity contribution in [3.8, 4) is 0 Å². The van der Waals surface area contributed by atoms with Crippen LogP contribution in [-0.4, -0.2) is 9.13 Å². The molecule has 2 nitrogen and oxygen atoms in total. The van der Waals surface area contributed by atoms with E-state index in [2.05, 4.69) is 85.4 Å². The molecule has 0 saturated carbocycles. The first kappa shape index (κ1) is 17.4. The standard InChI is InChI=1S/C26H28N2/c1-5-17-18(6-2)26-24(20-14-10-12-16-22(20)28(26)8-4)23-19-13-9-11-15-21(19)27(7-3)25(17)23/h9-16H,5-8H2,1-4H3. The highest BCUT2D eigenvalue weighted by atomic mass is 15.0. The summed E-state index contributed by atoms with van der Waals surface area (Å²) in [6, 6.07) is 17.9. The molecule has 5 aromatic rings. The molecule has 2 heterocycles. The molecule has 28 heavy (non-hydrogen) atoms. The van der Waals surface area contributed by atoms with Gasteiger partial charge in [0.05, 0.1) is 11.0 Å². The number of hydrogen-bond donors (Lipinski definition) is 0. The average molecular weight is 369 g/mol. The second kappa shape index (κ2) is 6.41. The molecule has 3 aromatic carbocycles. The maximum atomic E-state index is 2.54. The fourth-order valence-electron chi connectivity index (χ4n) is 5.44. The number of rotatable bonds is 4. The van der Waals surface area contributed by atoms with Crippen molar-refractivity contribution in [2.75, 3.05) is 0 Å². The maximum Gasteiger partial charge on any atom is 0.0534 e. The van der Waals surface area contributed by atoms with Crippen LogP contribution in [0.15, 0.2) is 48.5 Å². The summed E-state index contributed by atoms with van der Waals surface area (Å²) in [6.07, 6.45) is 2.13. The molecule has 0 fully saturated rings. The SMILES string of the molecule is CCc1c(CC)c2c(c3ccccc3n2CC)c2c3ccccc3n(CC)c12. The Hall–Kier alpha value is -2.74. The molecule has 0 aliphatic rings. The van der Waals surface area contributed by atoms with Crippen molar-refractivity contribution in [1.29, 1.82) is 0 Å². The van der Waals surface area contributed by atoms with Gasteiger partial charge in [0.25, 0.3) is 0 Å². The molecule has 0 N–H and O–H groups in total. The summed E-state index contributed by atoms with van der Waals surface area (Å²) < 4.78 is 5.08. The Morgan fingerprint density at radius 3 is 1.32 bits per heavy atom. The van der Waals surface area contributed by atoms with Crippen LogP contribution >= 0.6 is 0 Å². The molecule has 0 bridgehead atoms. The van der Waals surface area contributed by atoms with Crippen LogP contribution in [0.5, 0.6) is 0 Å². The zero-order valence-electron chi connectivity index (χ0n) is 17.3. The highest BCUT2D eigenvalue weighted by molar-refractivity contribution is 6.29. The van der Waals surface area contributed by atoms with E-state index in [4.69, 9.17) is 0 Å². The smallest absolute Gasteiger partial charge is 0.0534 e. The molecular formula is C26H28N2. The van der Waals surface area contributed by atoms with E-state index in [-0.39, 0.29) is 0 Å². The molecule has 2 aromatic heterocycles. The van der Waals surface area contributed by atoms with Crippen molar-refractivity contribution in [1.82, 2.24) is 9.13 Å². The van der Waals surface area contributed by atoms with Gasteiger partial charge in [0.15, 0.2) is 0 Å². The van der Waals surface area contributed by atoms with Gasteiger partial charge in [-0.25, -0.2) is 0 Å². The number of fused-ring (bicyclic) bond motifs is 7. The lowest BCUT2D eigenvalue weighted by molar-refractivity contribution is 0.812. The van der Waals surface area contributed by atoms with Crippen molar-refractivity contribution >= 4 is 43.6 Å². The number of aromatic nitrogens is 2. The van der Waals surface area contributed by atoms with E-state index >= 15 is 0 Å². The lowest BCUT2D eigenvalue weighted by Crippen LogP contribution is -2.03. The van der Waals surface area contributed by atoms with Gasteiger partial charge in [-0.15, -0.1) is 0 Å². The van der Waals surface area contributed by atoms with Gasteiger partial charge in [0.1, 0.15) is 0 Å². The largest absolute Gasteiger partial charge is 0.341 e. The average Bonchev–Trinajstić information content (AvgIpc) is 3.25. The summed E-state index contributed by atoms with van der Waals surface area (Å²) >= 11 is 0. The Kier molecular flexibility index (Phi) is 3.97. The summed E-state index contributed by atoms with van der Waals surface area (Å²) in [5.74, 6) is 0. The Morgan fingerprint density at radius 1 is 0.571 bits per heavy atom. The van der Waals surface area contributed by atoms with Gasteiger partial charge in [-0.3, -0.25) is 0 Å². The highest BCUT2D eigenvalue weighted by Gasteiger charge is 2.23. The minimum Gasteiger partial charge on any atom is -0.341 e. The van der Waals surface area contributed by atoms with E-state index in [0.29, 0.717) is 0 Å². The Bertz CT molecular complexity index is 1240. The molecule has 0 unspecified atom stereocenters. The van der Waals surface area contributed by atoms with Gasteiger partial charge in [-0.2, -0.15) is 0 Å². The first-order valence-corrected chi connectivity index (χ1v) is 10.7. The molecule has 0 aliphatic carbocycles. The molecule has 0 spiro atoms. The van der Waals surface area contributed by atoms with E-state index in [1.54, 1.807) is 0 Å². The fraction of sp³-hybridized carbons (Fsp3) is 0.308. The molecule has 0 atom stereocenters. The van der Waals surface area contributed by atoms with Crippen molar-refractivity contribution in [3.05, 3.63) is 59.7 Å². The molecular weight excluding hydrogens is 340 g/mol. The Balaban J connectivity index is 2.24. The second-order valence-electron chi connectivity index (χ2n) is 7.63. The van der Waals surface area contributed by atoms with Crippen LogP contribution in [0.2, 0.25) is 0 Å². The van der Waals surface area contributed by atoms with Gasteiger partial charge < -0.3 is 9.13 Å². The number of hydrogen-bond acceptors (Lipinski definition) is 0. The molecule has 0 aliphatic heterocycles. The van der Waals surface area contributed by atoms with Crippen LogP contribution in [0.3, 0.4) is 0 Å². The minimum absolute atomic E-state index is 0.998. The zero-order chi connectivity index (χ0) is 19.4. The number of nitrogens with zero attached hydrogens (tertiary/aromatic N) is 2. The molecule has 142 valence electrons. The lowest BCUT2D eigenvalue weighted by atomic mass is 9.94. The van der Waals surface area contributed by atoms with E-state index in [9.17, 15) is 0 Å². The Labute approximate surface area is 166 Å². The number of benzene rings is 3. The molecule has 0 amide bonds. The Morgan fingerprint density at radius 2 is 0.964 bits per heavy atom. The fourth-order valence-corrected chi connectivity index (χ4v) is 5.44. The first-order chi connectivity index (χ1) is 13.8. The number of aryl methyl sites for hydroxylation is 4. The van der Waals surface area contributed by atoms with Crippen LogP contribution in [0, 0.1) is 0 Å². The quantitative estimate of drug-likeness (QED) is 0.321. The van der Waals surface area contributed by atoms with Crippen LogP contribution in [0.1, 0.15) is 38.8 Å². The van der Waals surface area contributed by atoms with Crippen molar-refractivity contribution in [2.45, 2.75) is 53.6 Å². The van der Waals surface area contributed by atoms with Crippen molar-refractivity contribution < 1.29 is 0 Å². The monoisotopic (exact) mass is 368 g/mol. The van der Waals surface area contributed by atoms with Crippen LogP contribution in [0.4, 0.5) is 0 Å². The lowest BCUT2D eigenvalue weighted by Gasteiger charge is -2.16. The third kappa shape index (κ3) is 2.03. The van der Waals surface area contributed by atoms with Gasteiger partial charge in [0, 0.05) is 45.7 Å². The van der Waals surface area contributed by atoms with Crippen molar-refractivity contribution in [2.24, 2.45) is 0 Å². The molecule has 5 rings (SSSR count). The zero-order valence-corrected chi connectivity index (χ0v) is 17.3.